The van der Waals surface area contributed by atoms with Crippen molar-refractivity contribution in [2.75, 3.05) is 32.7 Å². The molecule has 188 valence electrons. The third-order valence-electron chi connectivity index (χ3n) is 6.98. The Kier molecular flexibility index (Phi) is 10.4. The fourth-order valence-electron chi connectivity index (χ4n) is 5.06. The van der Waals surface area contributed by atoms with Crippen molar-refractivity contribution in [2.24, 2.45) is 0 Å². The van der Waals surface area contributed by atoms with E-state index in [1.54, 1.807) is 24.3 Å². The van der Waals surface area contributed by atoms with Crippen LogP contribution < -0.4 is 0 Å². The maximum Gasteiger partial charge on any atom is 0.157 e. The normalized spacial score (nSPS) is 16.5. The SMILES string of the molecule is CCCN(CCCCCCN1CCCC1Cc1ccc(O)c(O)c1)CCc1ccc(O)c(O)c1. The Balaban J connectivity index is 1.32. The Bertz CT molecular complexity index is 889. The molecule has 1 aliphatic heterocycles. The summed E-state index contributed by atoms with van der Waals surface area (Å²) in [7, 11) is 0. The zero-order valence-corrected chi connectivity index (χ0v) is 20.6. The molecule has 6 nitrogen and oxygen atoms in total. The molecule has 0 aliphatic carbocycles. The number of likely N-dealkylation sites (tertiary alicyclic amines) is 1. The lowest BCUT2D eigenvalue weighted by Crippen LogP contribution is -2.32. The van der Waals surface area contributed by atoms with Crippen molar-refractivity contribution in [3.8, 4) is 23.0 Å². The molecule has 1 fully saturated rings. The van der Waals surface area contributed by atoms with Crippen molar-refractivity contribution in [1.82, 2.24) is 9.80 Å². The van der Waals surface area contributed by atoms with Gasteiger partial charge in [0.15, 0.2) is 23.0 Å². The summed E-state index contributed by atoms with van der Waals surface area (Å²) in [5.74, 6) is -0.181. The molecule has 0 saturated carbocycles. The summed E-state index contributed by atoms with van der Waals surface area (Å²) in [5.41, 5.74) is 2.14. The number of unbranched alkanes of at least 4 members (excludes halogenated alkanes) is 3. The van der Waals surface area contributed by atoms with E-state index in [1.807, 2.05) is 12.1 Å². The van der Waals surface area contributed by atoms with Gasteiger partial charge in [-0.1, -0.05) is 31.9 Å². The summed E-state index contributed by atoms with van der Waals surface area (Å²) in [4.78, 5) is 5.10. The van der Waals surface area contributed by atoms with E-state index in [1.165, 1.54) is 38.5 Å². The first-order valence-electron chi connectivity index (χ1n) is 12.9. The van der Waals surface area contributed by atoms with E-state index in [9.17, 15) is 20.4 Å². The average molecular weight is 471 g/mol. The summed E-state index contributed by atoms with van der Waals surface area (Å²) in [6, 6.07) is 10.8. The second-order valence-corrected chi connectivity index (χ2v) is 9.69. The van der Waals surface area contributed by atoms with E-state index in [0.717, 1.165) is 63.1 Å². The molecule has 0 radical (unpaired) electrons. The predicted octanol–water partition coefficient (Wildman–Crippen LogP) is 5.03. The molecule has 34 heavy (non-hydrogen) atoms. The number of rotatable bonds is 14. The van der Waals surface area contributed by atoms with Gasteiger partial charge >= 0.3 is 0 Å². The molecule has 1 saturated heterocycles. The van der Waals surface area contributed by atoms with Gasteiger partial charge < -0.3 is 30.2 Å². The zero-order valence-electron chi connectivity index (χ0n) is 20.6. The van der Waals surface area contributed by atoms with Crippen LogP contribution in [0, 0.1) is 0 Å². The summed E-state index contributed by atoms with van der Waals surface area (Å²) in [5, 5.41) is 38.5. The standard InChI is InChI=1S/C28H42N2O4/c1-2-14-29(18-13-22-9-11-25(31)27(33)20-22)15-5-3-4-6-16-30-17-7-8-24(30)19-23-10-12-26(32)28(34)21-23/h9-12,20-21,24,31-34H,2-8,13-19H2,1H3. The maximum atomic E-state index is 9.76. The van der Waals surface area contributed by atoms with Crippen LogP contribution in [-0.2, 0) is 12.8 Å². The molecule has 1 aliphatic rings. The predicted molar refractivity (Wildman–Crippen MR) is 137 cm³/mol. The number of phenols is 4. The first kappa shape index (κ1) is 26.2. The van der Waals surface area contributed by atoms with Crippen LogP contribution in [0.5, 0.6) is 23.0 Å². The molecule has 0 spiro atoms. The first-order valence-corrected chi connectivity index (χ1v) is 12.9. The van der Waals surface area contributed by atoms with E-state index >= 15 is 0 Å². The van der Waals surface area contributed by atoms with E-state index in [2.05, 4.69) is 16.7 Å². The molecule has 0 aromatic heterocycles. The van der Waals surface area contributed by atoms with E-state index in [0.29, 0.717) is 6.04 Å². The molecule has 6 heteroatoms. The van der Waals surface area contributed by atoms with Crippen LogP contribution >= 0.6 is 0 Å². The Hall–Kier alpha value is -2.44. The maximum absolute atomic E-state index is 9.76. The van der Waals surface area contributed by atoms with Crippen molar-refractivity contribution >= 4 is 0 Å². The minimum Gasteiger partial charge on any atom is -0.504 e. The Morgan fingerprint density at radius 1 is 0.794 bits per heavy atom. The van der Waals surface area contributed by atoms with Crippen LogP contribution in [0.3, 0.4) is 0 Å². The van der Waals surface area contributed by atoms with Crippen molar-refractivity contribution in [3.05, 3.63) is 47.5 Å². The highest BCUT2D eigenvalue weighted by molar-refractivity contribution is 5.41. The topological polar surface area (TPSA) is 87.4 Å². The monoisotopic (exact) mass is 470 g/mol. The Morgan fingerprint density at radius 2 is 1.47 bits per heavy atom. The van der Waals surface area contributed by atoms with Crippen molar-refractivity contribution in [2.45, 2.75) is 70.8 Å². The second-order valence-electron chi connectivity index (χ2n) is 9.69. The van der Waals surface area contributed by atoms with Gasteiger partial charge in [-0.25, -0.2) is 0 Å². The molecule has 0 amide bonds. The average Bonchev–Trinajstić information content (AvgIpc) is 3.25. The summed E-state index contributed by atoms with van der Waals surface area (Å²) in [6.45, 7) is 7.68. The molecule has 0 bridgehead atoms. The molecule has 1 atom stereocenters. The van der Waals surface area contributed by atoms with Gasteiger partial charge in [0.25, 0.3) is 0 Å². The summed E-state index contributed by atoms with van der Waals surface area (Å²) in [6.07, 6.45) is 10.3. The molecule has 4 N–H and O–H groups in total. The van der Waals surface area contributed by atoms with Crippen LogP contribution in [-0.4, -0.2) is 69.0 Å². The zero-order chi connectivity index (χ0) is 24.3. The van der Waals surface area contributed by atoms with Crippen LogP contribution in [0.2, 0.25) is 0 Å². The molecular weight excluding hydrogens is 428 g/mol. The van der Waals surface area contributed by atoms with Gasteiger partial charge in [0.1, 0.15) is 0 Å². The largest absolute Gasteiger partial charge is 0.504 e. The van der Waals surface area contributed by atoms with Gasteiger partial charge in [-0.3, -0.25) is 0 Å². The lowest BCUT2D eigenvalue weighted by Gasteiger charge is -2.25. The number of hydrogen-bond acceptors (Lipinski definition) is 6. The summed E-state index contributed by atoms with van der Waals surface area (Å²) >= 11 is 0. The highest BCUT2D eigenvalue weighted by atomic mass is 16.3. The molecule has 3 rings (SSSR count). The van der Waals surface area contributed by atoms with Gasteiger partial charge in [0.2, 0.25) is 0 Å². The first-order chi connectivity index (χ1) is 16.5. The molecule has 2 aromatic rings. The molecule has 1 unspecified atom stereocenters. The van der Waals surface area contributed by atoms with Crippen molar-refractivity contribution in [3.63, 3.8) is 0 Å². The van der Waals surface area contributed by atoms with Gasteiger partial charge in [0.05, 0.1) is 0 Å². The van der Waals surface area contributed by atoms with E-state index in [-0.39, 0.29) is 23.0 Å². The minimum absolute atomic E-state index is 0.0274. The number of nitrogens with zero attached hydrogens (tertiary/aromatic N) is 2. The summed E-state index contributed by atoms with van der Waals surface area (Å²) < 4.78 is 0. The molecular formula is C28H42N2O4. The highest BCUT2D eigenvalue weighted by Gasteiger charge is 2.24. The number of aromatic hydroxyl groups is 4. The third kappa shape index (κ3) is 8.10. The fourth-order valence-corrected chi connectivity index (χ4v) is 5.06. The van der Waals surface area contributed by atoms with Crippen LogP contribution in [0.15, 0.2) is 36.4 Å². The smallest absolute Gasteiger partial charge is 0.157 e. The third-order valence-corrected chi connectivity index (χ3v) is 6.98. The highest BCUT2D eigenvalue weighted by Crippen LogP contribution is 2.28. The number of hydrogen-bond donors (Lipinski definition) is 4. The fraction of sp³-hybridized carbons (Fsp3) is 0.571. The van der Waals surface area contributed by atoms with Gasteiger partial charge in [-0.2, -0.15) is 0 Å². The number of phenolic OH excluding ortho intramolecular Hbond substituents is 4. The Morgan fingerprint density at radius 3 is 2.18 bits per heavy atom. The molecule has 2 aromatic carbocycles. The lowest BCUT2D eigenvalue weighted by molar-refractivity contribution is 0.242. The van der Waals surface area contributed by atoms with E-state index in [4.69, 9.17) is 0 Å². The van der Waals surface area contributed by atoms with Gasteiger partial charge in [-0.05, 0) is 107 Å². The lowest BCUT2D eigenvalue weighted by atomic mass is 10.0. The van der Waals surface area contributed by atoms with Crippen LogP contribution in [0.1, 0.15) is 63.0 Å². The Labute approximate surface area is 204 Å². The number of benzene rings is 2. The van der Waals surface area contributed by atoms with E-state index < -0.39 is 0 Å². The van der Waals surface area contributed by atoms with Crippen LogP contribution in [0.4, 0.5) is 0 Å². The molecule has 1 heterocycles. The van der Waals surface area contributed by atoms with Crippen LogP contribution in [0.25, 0.3) is 0 Å². The van der Waals surface area contributed by atoms with Crippen molar-refractivity contribution in [1.29, 1.82) is 0 Å². The second kappa shape index (κ2) is 13.4. The van der Waals surface area contributed by atoms with Crippen molar-refractivity contribution < 1.29 is 20.4 Å². The minimum atomic E-state index is -0.0610. The quantitative estimate of drug-likeness (QED) is 0.229. The van der Waals surface area contributed by atoms with Gasteiger partial charge in [-0.15, -0.1) is 0 Å². The van der Waals surface area contributed by atoms with Gasteiger partial charge in [0, 0.05) is 12.6 Å².